The largest absolute Gasteiger partial charge is 0.508 e. The molecule has 4 rings (SSSR count). The molecule has 0 aliphatic carbocycles. The molecule has 142 valence electrons. The number of hydrogen-bond acceptors (Lipinski definition) is 5. The van der Waals surface area contributed by atoms with Crippen LogP contribution >= 0.6 is 23.2 Å². The zero-order chi connectivity index (χ0) is 19.1. The second kappa shape index (κ2) is 7.19. The highest BCUT2D eigenvalue weighted by atomic mass is 35.5. The van der Waals surface area contributed by atoms with Crippen molar-refractivity contribution in [1.82, 2.24) is 9.88 Å². The summed E-state index contributed by atoms with van der Waals surface area (Å²) >= 11 is 12.4. The fourth-order valence-electron chi connectivity index (χ4n) is 4.03. The average Bonchev–Trinajstić information content (AvgIpc) is 3.09. The van der Waals surface area contributed by atoms with E-state index in [1.54, 1.807) is 30.5 Å². The maximum atomic E-state index is 12.7. The number of amides is 1. The Balaban J connectivity index is 1.58. The molecule has 1 aromatic heterocycles. The Morgan fingerprint density at radius 3 is 2.81 bits per heavy atom. The van der Waals surface area contributed by atoms with E-state index in [4.69, 9.17) is 23.2 Å². The van der Waals surface area contributed by atoms with Crippen molar-refractivity contribution in [2.75, 3.05) is 24.5 Å². The third kappa shape index (κ3) is 3.33. The van der Waals surface area contributed by atoms with Crippen LogP contribution in [0.2, 0.25) is 10.0 Å². The molecule has 1 amide bonds. The zero-order valence-electron chi connectivity index (χ0n) is 14.5. The molecule has 8 heteroatoms. The first-order valence-corrected chi connectivity index (χ1v) is 9.50. The Morgan fingerprint density at radius 2 is 2.04 bits per heavy atom. The first-order chi connectivity index (χ1) is 13.0. The number of phenolic OH excluding ortho intramolecular Hbond substituents is 1. The van der Waals surface area contributed by atoms with Crippen LogP contribution < -0.4 is 4.90 Å². The van der Waals surface area contributed by atoms with Gasteiger partial charge in [0.25, 0.3) is 0 Å². The fraction of sp³-hybridized carbons (Fsp3) is 0.368. The summed E-state index contributed by atoms with van der Waals surface area (Å²) < 4.78 is 0. The second-order valence-corrected chi connectivity index (χ2v) is 7.77. The lowest BCUT2D eigenvalue weighted by Gasteiger charge is -2.37. The smallest absolute Gasteiger partial charge is 0.242 e. The van der Waals surface area contributed by atoms with Crippen molar-refractivity contribution in [1.29, 1.82) is 0 Å². The van der Waals surface area contributed by atoms with Crippen LogP contribution in [0, 0.1) is 0 Å². The van der Waals surface area contributed by atoms with Crippen molar-refractivity contribution in [3.8, 4) is 5.75 Å². The summed E-state index contributed by atoms with van der Waals surface area (Å²) in [5.74, 6) is 0.738. The number of hydrogen-bond donors (Lipinski definition) is 2. The predicted molar refractivity (Wildman–Crippen MR) is 103 cm³/mol. The minimum absolute atomic E-state index is 0.00489. The number of aromatic hydroxyl groups is 1. The molecule has 3 heterocycles. The molecule has 0 saturated carbocycles. The molecular formula is C19H19Cl2N3O3. The molecular weight excluding hydrogens is 389 g/mol. The lowest BCUT2D eigenvalue weighted by atomic mass is 9.95. The number of carbonyl (C=O) groups excluding carboxylic acids is 1. The Hall–Kier alpha value is -2.02. The van der Waals surface area contributed by atoms with Crippen LogP contribution in [-0.4, -0.2) is 51.7 Å². The fourth-order valence-corrected chi connectivity index (χ4v) is 4.51. The van der Waals surface area contributed by atoms with E-state index in [0.29, 0.717) is 40.9 Å². The molecule has 0 spiro atoms. The maximum absolute atomic E-state index is 12.7. The van der Waals surface area contributed by atoms with Gasteiger partial charge in [0, 0.05) is 36.8 Å². The highest BCUT2D eigenvalue weighted by Crippen LogP contribution is 2.43. The van der Waals surface area contributed by atoms with Gasteiger partial charge in [-0.05, 0) is 36.2 Å². The molecule has 0 bridgehead atoms. The molecule has 1 aromatic carbocycles. The molecule has 6 nitrogen and oxygen atoms in total. The van der Waals surface area contributed by atoms with Crippen LogP contribution in [0.5, 0.6) is 5.75 Å². The number of piperazine rings is 1. The summed E-state index contributed by atoms with van der Waals surface area (Å²) in [5, 5.41) is 20.3. The standard InChI is InChI=1S/C19H19Cl2N3O3/c20-14-1-2-15(26)18(19(14)21)12-6-13-8-23(9-17(27)24(13)7-12)16-5-11(10-25)3-4-22-16/h1-5,12-13,25-26H,6-10H2/t12-,13-/m0/s1. The number of nitrogens with zero attached hydrogens (tertiary/aromatic N) is 3. The van der Waals surface area contributed by atoms with Crippen molar-refractivity contribution >= 4 is 34.9 Å². The van der Waals surface area contributed by atoms with E-state index in [2.05, 4.69) is 4.98 Å². The predicted octanol–water partition coefficient (Wildman–Crippen LogP) is 2.79. The van der Waals surface area contributed by atoms with E-state index in [1.807, 2.05) is 9.80 Å². The highest BCUT2D eigenvalue weighted by molar-refractivity contribution is 6.42. The molecule has 2 aromatic rings. The molecule has 2 N–H and O–H groups in total. The number of benzene rings is 1. The molecule has 2 aliphatic heterocycles. The number of pyridine rings is 1. The quantitative estimate of drug-likeness (QED) is 0.817. The molecule has 2 saturated heterocycles. The van der Waals surface area contributed by atoms with Gasteiger partial charge in [-0.3, -0.25) is 4.79 Å². The molecule has 27 heavy (non-hydrogen) atoms. The van der Waals surface area contributed by atoms with Gasteiger partial charge >= 0.3 is 0 Å². The number of aliphatic hydroxyl groups excluding tert-OH is 1. The molecule has 0 radical (unpaired) electrons. The molecule has 2 atom stereocenters. The van der Waals surface area contributed by atoms with E-state index in [0.717, 1.165) is 5.56 Å². The molecule has 0 unspecified atom stereocenters. The number of fused-ring (bicyclic) bond motifs is 1. The Labute approximate surface area is 166 Å². The van der Waals surface area contributed by atoms with Crippen molar-refractivity contribution in [2.45, 2.75) is 25.0 Å². The van der Waals surface area contributed by atoms with Crippen molar-refractivity contribution in [3.05, 3.63) is 51.6 Å². The summed E-state index contributed by atoms with van der Waals surface area (Å²) in [6.45, 7) is 1.32. The van der Waals surface area contributed by atoms with Crippen molar-refractivity contribution < 1.29 is 15.0 Å². The molecule has 2 fully saturated rings. The van der Waals surface area contributed by atoms with Crippen LogP contribution in [0.25, 0.3) is 0 Å². The van der Waals surface area contributed by atoms with Gasteiger partial charge in [0.15, 0.2) is 0 Å². The topological polar surface area (TPSA) is 76.9 Å². The summed E-state index contributed by atoms with van der Waals surface area (Å²) in [6.07, 6.45) is 2.33. The lowest BCUT2D eigenvalue weighted by Crippen LogP contribution is -2.54. The Morgan fingerprint density at radius 1 is 1.22 bits per heavy atom. The van der Waals surface area contributed by atoms with Gasteiger partial charge in [0.2, 0.25) is 5.91 Å². The summed E-state index contributed by atoms with van der Waals surface area (Å²) in [4.78, 5) is 20.8. The summed E-state index contributed by atoms with van der Waals surface area (Å²) in [5.41, 5.74) is 1.37. The number of phenols is 1. The molecule has 2 aliphatic rings. The summed E-state index contributed by atoms with van der Waals surface area (Å²) in [6, 6.07) is 6.66. The number of rotatable bonds is 3. The van der Waals surface area contributed by atoms with Crippen LogP contribution in [-0.2, 0) is 11.4 Å². The van der Waals surface area contributed by atoms with Gasteiger partial charge in [-0.1, -0.05) is 23.2 Å². The minimum Gasteiger partial charge on any atom is -0.508 e. The van der Waals surface area contributed by atoms with Crippen LogP contribution in [0.1, 0.15) is 23.5 Å². The van der Waals surface area contributed by atoms with Gasteiger partial charge in [0.1, 0.15) is 11.6 Å². The third-order valence-corrected chi connectivity index (χ3v) is 6.15. The Bertz CT molecular complexity index is 892. The van der Waals surface area contributed by atoms with Gasteiger partial charge < -0.3 is 20.0 Å². The van der Waals surface area contributed by atoms with E-state index < -0.39 is 0 Å². The third-order valence-electron chi connectivity index (χ3n) is 5.33. The second-order valence-electron chi connectivity index (χ2n) is 6.99. The normalized spacial score (nSPS) is 22.3. The van der Waals surface area contributed by atoms with Crippen LogP contribution in [0.15, 0.2) is 30.5 Å². The van der Waals surface area contributed by atoms with E-state index in [9.17, 15) is 15.0 Å². The maximum Gasteiger partial charge on any atom is 0.242 e. The first kappa shape index (κ1) is 18.3. The number of anilines is 1. The zero-order valence-corrected chi connectivity index (χ0v) is 16.0. The number of aliphatic hydroxyl groups is 1. The number of halogens is 2. The van der Waals surface area contributed by atoms with Gasteiger partial charge in [-0.15, -0.1) is 0 Å². The van der Waals surface area contributed by atoms with Crippen LogP contribution in [0.3, 0.4) is 0 Å². The Kier molecular flexibility index (Phi) is 4.88. The van der Waals surface area contributed by atoms with E-state index in [1.165, 1.54) is 0 Å². The van der Waals surface area contributed by atoms with Gasteiger partial charge in [0.05, 0.1) is 23.2 Å². The monoisotopic (exact) mass is 407 g/mol. The van der Waals surface area contributed by atoms with E-state index in [-0.39, 0.29) is 36.8 Å². The van der Waals surface area contributed by atoms with Crippen LogP contribution in [0.4, 0.5) is 5.82 Å². The average molecular weight is 408 g/mol. The van der Waals surface area contributed by atoms with Gasteiger partial charge in [-0.2, -0.15) is 0 Å². The highest BCUT2D eigenvalue weighted by Gasteiger charge is 2.42. The summed E-state index contributed by atoms with van der Waals surface area (Å²) in [7, 11) is 0. The minimum atomic E-state index is -0.0680. The SMILES string of the molecule is O=C1CN(c2cc(CO)ccn2)C[C@@H]2C[C@H](c3c(O)ccc(Cl)c3Cl)CN12. The number of aromatic nitrogens is 1. The lowest BCUT2D eigenvalue weighted by molar-refractivity contribution is -0.132. The van der Waals surface area contributed by atoms with Crippen molar-refractivity contribution in [3.63, 3.8) is 0 Å². The van der Waals surface area contributed by atoms with E-state index >= 15 is 0 Å². The van der Waals surface area contributed by atoms with Gasteiger partial charge in [-0.25, -0.2) is 4.98 Å². The first-order valence-electron chi connectivity index (χ1n) is 8.75. The number of carbonyl (C=O) groups is 1. The van der Waals surface area contributed by atoms with Crippen molar-refractivity contribution in [2.24, 2.45) is 0 Å².